The van der Waals surface area contributed by atoms with Gasteiger partial charge in [-0.15, -0.1) is 0 Å². The van der Waals surface area contributed by atoms with E-state index >= 15 is 0 Å². The second kappa shape index (κ2) is 9.07. The predicted octanol–water partition coefficient (Wildman–Crippen LogP) is 0.958. The number of halogens is 1. The van der Waals surface area contributed by atoms with Crippen LogP contribution in [0.1, 0.15) is 16.1 Å². The van der Waals surface area contributed by atoms with Gasteiger partial charge in [-0.05, 0) is 18.2 Å². The highest BCUT2D eigenvalue weighted by molar-refractivity contribution is 5.91. The molecule has 0 atom stereocenters. The summed E-state index contributed by atoms with van der Waals surface area (Å²) in [6.07, 6.45) is 0. The molecule has 0 aliphatic carbocycles. The largest absolute Gasteiger partial charge is 0.383 e. The normalized spacial score (nSPS) is 10.7. The highest BCUT2D eigenvalue weighted by atomic mass is 19.1. The van der Waals surface area contributed by atoms with Gasteiger partial charge in [0.05, 0.1) is 18.8 Å². The summed E-state index contributed by atoms with van der Waals surface area (Å²) in [7, 11) is 1.47. The van der Waals surface area contributed by atoms with Gasteiger partial charge >= 0.3 is 5.69 Å². The van der Waals surface area contributed by atoms with Crippen LogP contribution in [0.3, 0.4) is 0 Å². The van der Waals surface area contributed by atoms with Gasteiger partial charge in [-0.3, -0.25) is 14.2 Å². The fourth-order valence-corrected chi connectivity index (χ4v) is 2.68. The molecule has 8 nitrogen and oxygen atoms in total. The first-order chi connectivity index (χ1) is 14.0. The number of carbonyl (C=O) groups is 1. The Morgan fingerprint density at radius 3 is 2.48 bits per heavy atom. The minimum Gasteiger partial charge on any atom is -0.383 e. The lowest BCUT2D eigenvalue weighted by atomic mass is 10.2. The van der Waals surface area contributed by atoms with Crippen LogP contribution in [0, 0.1) is 5.82 Å². The van der Waals surface area contributed by atoms with Crippen LogP contribution in [-0.2, 0) is 11.3 Å². The van der Waals surface area contributed by atoms with Gasteiger partial charge in [-0.1, -0.05) is 36.4 Å². The van der Waals surface area contributed by atoms with E-state index in [2.05, 4.69) is 10.4 Å². The van der Waals surface area contributed by atoms with E-state index in [1.165, 1.54) is 25.3 Å². The van der Waals surface area contributed by atoms with Crippen LogP contribution in [0.2, 0.25) is 0 Å². The van der Waals surface area contributed by atoms with Gasteiger partial charge in [0.2, 0.25) is 5.69 Å². The Kier molecular flexibility index (Phi) is 6.30. The molecule has 0 spiro atoms. The number of aromatic nitrogens is 3. The van der Waals surface area contributed by atoms with Gasteiger partial charge in [0, 0.05) is 19.2 Å². The molecule has 0 fully saturated rings. The zero-order valence-corrected chi connectivity index (χ0v) is 15.7. The van der Waals surface area contributed by atoms with Crippen molar-refractivity contribution in [2.45, 2.75) is 6.54 Å². The first kappa shape index (κ1) is 20.2. The molecule has 1 N–H and O–H groups in total. The molecule has 3 rings (SSSR count). The van der Waals surface area contributed by atoms with Crippen molar-refractivity contribution in [1.82, 2.24) is 19.7 Å². The van der Waals surface area contributed by atoms with Crippen molar-refractivity contribution in [2.24, 2.45) is 0 Å². The molecule has 1 aromatic heterocycles. The minimum atomic E-state index is -0.902. The Labute approximate surface area is 165 Å². The fourth-order valence-electron chi connectivity index (χ4n) is 2.68. The van der Waals surface area contributed by atoms with Crippen LogP contribution in [0.5, 0.6) is 0 Å². The molecule has 29 heavy (non-hydrogen) atoms. The predicted molar refractivity (Wildman–Crippen MR) is 104 cm³/mol. The lowest BCUT2D eigenvalue weighted by molar-refractivity contribution is 0.0927. The highest BCUT2D eigenvalue weighted by Crippen LogP contribution is 2.07. The number of hydrogen-bond acceptors (Lipinski definition) is 5. The summed E-state index contributed by atoms with van der Waals surface area (Å²) in [6, 6.07) is 14.1. The summed E-state index contributed by atoms with van der Waals surface area (Å²) in [4.78, 5) is 38.2. The molecule has 0 aliphatic heterocycles. The molecule has 0 unspecified atom stereocenters. The number of nitrogens with one attached hydrogen (secondary N) is 1. The van der Waals surface area contributed by atoms with Crippen molar-refractivity contribution in [1.29, 1.82) is 0 Å². The Hall–Kier alpha value is -3.59. The molecular weight excluding hydrogens is 379 g/mol. The number of nitrogens with zero attached hydrogens (tertiary/aromatic N) is 3. The van der Waals surface area contributed by atoms with Crippen LogP contribution in [0.15, 0.2) is 64.2 Å². The number of rotatable bonds is 7. The number of methoxy groups -OCH3 is 1. The number of ether oxygens (including phenoxy) is 1. The summed E-state index contributed by atoms with van der Waals surface area (Å²) in [5.74, 6) is -1.31. The van der Waals surface area contributed by atoms with Gasteiger partial charge < -0.3 is 10.1 Å². The quantitative estimate of drug-likeness (QED) is 0.598. The highest BCUT2D eigenvalue weighted by Gasteiger charge is 2.20. The SMILES string of the molecule is COCCNC(=O)c1nn(-c2ccccc2)c(=O)n(Cc2ccccc2F)c1=O. The lowest BCUT2D eigenvalue weighted by Gasteiger charge is -2.12. The topological polar surface area (TPSA) is 95.2 Å². The molecule has 9 heteroatoms. The van der Waals surface area contributed by atoms with E-state index in [1.54, 1.807) is 36.4 Å². The molecule has 0 saturated carbocycles. The number of hydrogen-bond donors (Lipinski definition) is 1. The number of benzene rings is 2. The third-order valence-corrected chi connectivity index (χ3v) is 4.15. The van der Waals surface area contributed by atoms with Crippen molar-refractivity contribution in [2.75, 3.05) is 20.3 Å². The second-order valence-electron chi connectivity index (χ2n) is 6.11. The van der Waals surface area contributed by atoms with Crippen molar-refractivity contribution in [3.05, 3.63) is 92.5 Å². The molecule has 1 heterocycles. The van der Waals surface area contributed by atoms with Crippen molar-refractivity contribution in [3.8, 4) is 5.69 Å². The lowest BCUT2D eigenvalue weighted by Crippen LogP contribution is -2.46. The average molecular weight is 398 g/mol. The molecule has 150 valence electrons. The summed E-state index contributed by atoms with van der Waals surface area (Å²) >= 11 is 0. The van der Waals surface area contributed by atoms with Crippen molar-refractivity contribution >= 4 is 5.91 Å². The number of amides is 1. The standard InChI is InChI=1S/C20H19FN4O4/c1-29-12-11-22-18(26)17-19(27)24(13-14-7-5-6-10-16(14)21)20(28)25(23-17)15-8-3-2-4-9-15/h2-10H,11-13H2,1H3,(H,22,26). The zero-order valence-electron chi connectivity index (χ0n) is 15.7. The Bertz CT molecular complexity index is 1130. The Morgan fingerprint density at radius 1 is 1.10 bits per heavy atom. The maximum Gasteiger partial charge on any atom is 0.352 e. The van der Waals surface area contributed by atoms with Crippen LogP contribution in [-0.4, -0.2) is 40.5 Å². The minimum absolute atomic E-state index is 0.142. The molecule has 2 aromatic carbocycles. The van der Waals surface area contributed by atoms with Crippen molar-refractivity contribution in [3.63, 3.8) is 0 Å². The van der Waals surface area contributed by atoms with E-state index in [0.717, 1.165) is 9.25 Å². The molecular formula is C20H19FN4O4. The van der Waals surface area contributed by atoms with E-state index < -0.39 is 28.7 Å². The number of para-hydroxylation sites is 1. The maximum atomic E-state index is 14.1. The second-order valence-corrected chi connectivity index (χ2v) is 6.11. The molecule has 0 aliphatic rings. The molecule has 1 amide bonds. The summed E-state index contributed by atoms with van der Waals surface area (Å²) in [6.45, 7) is 0.0692. The molecule has 3 aromatic rings. The van der Waals surface area contributed by atoms with Crippen molar-refractivity contribution < 1.29 is 13.9 Å². The summed E-state index contributed by atoms with van der Waals surface area (Å²) < 4.78 is 20.7. The van der Waals surface area contributed by atoms with Gasteiger partial charge in [0.25, 0.3) is 11.5 Å². The first-order valence-corrected chi connectivity index (χ1v) is 8.83. The first-order valence-electron chi connectivity index (χ1n) is 8.83. The van der Waals surface area contributed by atoms with Gasteiger partial charge in [0.15, 0.2) is 0 Å². The average Bonchev–Trinajstić information content (AvgIpc) is 2.73. The monoisotopic (exact) mass is 398 g/mol. The Morgan fingerprint density at radius 2 is 1.79 bits per heavy atom. The van der Waals surface area contributed by atoms with E-state index in [4.69, 9.17) is 4.74 Å². The fraction of sp³-hybridized carbons (Fsp3) is 0.200. The van der Waals surface area contributed by atoms with E-state index in [0.29, 0.717) is 5.69 Å². The van der Waals surface area contributed by atoms with Crippen LogP contribution in [0.4, 0.5) is 4.39 Å². The smallest absolute Gasteiger partial charge is 0.352 e. The molecule has 0 radical (unpaired) electrons. The van der Waals surface area contributed by atoms with Gasteiger partial charge in [0.1, 0.15) is 5.82 Å². The van der Waals surface area contributed by atoms with E-state index in [-0.39, 0.29) is 25.3 Å². The Balaban J connectivity index is 2.14. The molecule has 0 saturated heterocycles. The number of carbonyl (C=O) groups excluding carboxylic acids is 1. The molecule has 0 bridgehead atoms. The van der Waals surface area contributed by atoms with E-state index in [9.17, 15) is 18.8 Å². The summed E-state index contributed by atoms with van der Waals surface area (Å²) in [5, 5.41) is 6.48. The zero-order chi connectivity index (χ0) is 20.8. The van der Waals surface area contributed by atoms with E-state index in [1.807, 2.05) is 0 Å². The van der Waals surface area contributed by atoms with Crippen LogP contribution >= 0.6 is 0 Å². The summed E-state index contributed by atoms with van der Waals surface area (Å²) in [5.41, 5.74) is -1.65. The third kappa shape index (κ3) is 4.46. The van der Waals surface area contributed by atoms with Gasteiger partial charge in [-0.25, -0.2) is 9.18 Å². The van der Waals surface area contributed by atoms with Crippen LogP contribution < -0.4 is 16.6 Å². The maximum absolute atomic E-state index is 14.1. The van der Waals surface area contributed by atoms with Gasteiger partial charge in [-0.2, -0.15) is 9.78 Å². The van der Waals surface area contributed by atoms with Crippen LogP contribution in [0.25, 0.3) is 5.69 Å². The third-order valence-electron chi connectivity index (χ3n) is 4.15.